The molecule has 0 fully saturated rings. The van der Waals surface area contributed by atoms with Crippen LogP contribution in [0.3, 0.4) is 0 Å². The van der Waals surface area contributed by atoms with E-state index in [2.05, 4.69) is 19.2 Å². The van der Waals surface area contributed by atoms with Gasteiger partial charge >= 0.3 is 0 Å². The Hall–Kier alpha value is -1.22. The van der Waals surface area contributed by atoms with Crippen molar-refractivity contribution in [3.05, 3.63) is 23.8 Å². The number of hydrogen-bond donors (Lipinski definition) is 3. The van der Waals surface area contributed by atoms with Crippen molar-refractivity contribution in [3.8, 4) is 11.5 Å². The predicted octanol–water partition coefficient (Wildman–Crippen LogP) is 2.20. The normalized spacial score (nSPS) is 14.9. The molecule has 0 aliphatic carbocycles. The van der Waals surface area contributed by atoms with Crippen LogP contribution in [-0.4, -0.2) is 23.3 Å². The average Bonchev–Trinajstić information content (AvgIpc) is 2.21. The molecule has 3 N–H and O–H groups in total. The van der Waals surface area contributed by atoms with E-state index in [4.69, 9.17) is 0 Å². The minimum Gasteiger partial charge on any atom is -0.504 e. The van der Waals surface area contributed by atoms with Crippen LogP contribution in [0.1, 0.15) is 31.7 Å². The largest absolute Gasteiger partial charge is 0.504 e. The lowest BCUT2D eigenvalue weighted by Crippen LogP contribution is -2.22. The molecule has 1 aromatic carbocycles. The van der Waals surface area contributed by atoms with Crippen molar-refractivity contribution in [1.82, 2.24) is 5.32 Å². The van der Waals surface area contributed by atoms with Gasteiger partial charge in [-0.25, -0.2) is 0 Å². The topological polar surface area (TPSA) is 52.5 Å². The summed E-state index contributed by atoms with van der Waals surface area (Å²) >= 11 is 0. The van der Waals surface area contributed by atoms with Crippen molar-refractivity contribution >= 4 is 0 Å². The van der Waals surface area contributed by atoms with Crippen molar-refractivity contribution < 1.29 is 10.2 Å². The van der Waals surface area contributed by atoms with Crippen LogP contribution in [0, 0.1) is 0 Å². The van der Waals surface area contributed by atoms with Crippen LogP contribution in [0.2, 0.25) is 0 Å². The first kappa shape index (κ1) is 11.9. The van der Waals surface area contributed by atoms with E-state index >= 15 is 0 Å². The number of nitrogens with one attached hydrogen (secondary N) is 1. The van der Waals surface area contributed by atoms with Crippen LogP contribution >= 0.6 is 0 Å². The molecule has 0 saturated heterocycles. The van der Waals surface area contributed by atoms with Crippen LogP contribution in [0.5, 0.6) is 11.5 Å². The Bertz CT molecular complexity index is 325. The monoisotopic (exact) mass is 209 g/mol. The summed E-state index contributed by atoms with van der Waals surface area (Å²) in [6.07, 6.45) is 1.00. The lowest BCUT2D eigenvalue weighted by Gasteiger charge is -2.17. The first-order valence-corrected chi connectivity index (χ1v) is 5.23. The molecule has 0 amide bonds. The van der Waals surface area contributed by atoms with Crippen LogP contribution in [-0.2, 0) is 0 Å². The zero-order chi connectivity index (χ0) is 11.4. The van der Waals surface area contributed by atoms with Crippen LogP contribution in [0.15, 0.2) is 18.2 Å². The quantitative estimate of drug-likeness (QED) is 0.666. The van der Waals surface area contributed by atoms with Crippen molar-refractivity contribution in [3.63, 3.8) is 0 Å². The number of phenolic OH excluding ortho intramolecular Hbond substituents is 2. The number of aromatic hydroxyl groups is 2. The third-order valence-corrected chi connectivity index (χ3v) is 2.77. The van der Waals surface area contributed by atoms with Gasteiger partial charge in [-0.05, 0) is 44.0 Å². The molecule has 0 aliphatic heterocycles. The first-order chi connectivity index (χ1) is 7.04. The van der Waals surface area contributed by atoms with E-state index in [1.165, 1.54) is 6.07 Å². The Morgan fingerprint density at radius 2 is 1.87 bits per heavy atom. The second kappa shape index (κ2) is 5.03. The Labute approximate surface area is 90.8 Å². The highest BCUT2D eigenvalue weighted by molar-refractivity contribution is 5.41. The molecule has 1 aromatic rings. The molecule has 2 unspecified atom stereocenters. The van der Waals surface area contributed by atoms with E-state index in [0.29, 0.717) is 12.0 Å². The zero-order valence-corrected chi connectivity index (χ0v) is 9.49. The summed E-state index contributed by atoms with van der Waals surface area (Å²) in [7, 11) is 1.94. The average molecular weight is 209 g/mol. The predicted molar refractivity (Wildman–Crippen MR) is 61.3 cm³/mol. The van der Waals surface area contributed by atoms with Gasteiger partial charge in [-0.1, -0.05) is 13.0 Å². The summed E-state index contributed by atoms with van der Waals surface area (Å²) in [5, 5.41) is 21.7. The van der Waals surface area contributed by atoms with Gasteiger partial charge in [0.2, 0.25) is 0 Å². The maximum absolute atomic E-state index is 9.37. The minimum atomic E-state index is -0.0624. The van der Waals surface area contributed by atoms with Gasteiger partial charge in [0.15, 0.2) is 11.5 Å². The third-order valence-electron chi connectivity index (χ3n) is 2.77. The van der Waals surface area contributed by atoms with Gasteiger partial charge < -0.3 is 15.5 Å². The van der Waals surface area contributed by atoms with E-state index in [1.807, 2.05) is 13.1 Å². The molecule has 0 heterocycles. The van der Waals surface area contributed by atoms with E-state index < -0.39 is 0 Å². The molecule has 0 bridgehead atoms. The van der Waals surface area contributed by atoms with Crippen molar-refractivity contribution in [2.75, 3.05) is 7.05 Å². The fourth-order valence-electron chi connectivity index (χ4n) is 1.63. The highest BCUT2D eigenvalue weighted by atomic mass is 16.3. The molecule has 2 atom stereocenters. The van der Waals surface area contributed by atoms with E-state index in [1.54, 1.807) is 6.07 Å². The number of phenols is 2. The Balaban J connectivity index is 2.73. The summed E-state index contributed by atoms with van der Waals surface area (Å²) in [6.45, 7) is 4.23. The van der Waals surface area contributed by atoms with Gasteiger partial charge in [0, 0.05) is 6.04 Å². The molecule has 3 heteroatoms. The molecule has 3 nitrogen and oxygen atoms in total. The Morgan fingerprint density at radius 3 is 2.40 bits per heavy atom. The van der Waals surface area contributed by atoms with Gasteiger partial charge in [-0.3, -0.25) is 0 Å². The summed E-state index contributed by atoms with van der Waals surface area (Å²) in [5.41, 5.74) is 1.05. The van der Waals surface area contributed by atoms with Gasteiger partial charge in [-0.2, -0.15) is 0 Å². The van der Waals surface area contributed by atoms with Crippen LogP contribution in [0.4, 0.5) is 0 Å². The summed E-state index contributed by atoms with van der Waals surface area (Å²) in [6, 6.07) is 5.45. The molecular weight excluding hydrogens is 190 g/mol. The highest BCUT2D eigenvalue weighted by Crippen LogP contribution is 2.30. The fourth-order valence-corrected chi connectivity index (χ4v) is 1.63. The number of hydrogen-bond acceptors (Lipinski definition) is 3. The highest BCUT2D eigenvalue weighted by Gasteiger charge is 2.11. The van der Waals surface area contributed by atoms with Gasteiger partial charge in [-0.15, -0.1) is 0 Å². The van der Waals surface area contributed by atoms with Gasteiger partial charge in [0.05, 0.1) is 0 Å². The van der Waals surface area contributed by atoms with Gasteiger partial charge in [0.1, 0.15) is 0 Å². The summed E-state index contributed by atoms with van der Waals surface area (Å²) in [4.78, 5) is 0. The Morgan fingerprint density at radius 1 is 1.20 bits per heavy atom. The SMILES string of the molecule is CNC(C)CC(C)c1ccc(O)c(O)c1. The summed E-state index contributed by atoms with van der Waals surface area (Å²) < 4.78 is 0. The lowest BCUT2D eigenvalue weighted by atomic mass is 9.94. The van der Waals surface area contributed by atoms with Crippen molar-refractivity contribution in [2.24, 2.45) is 0 Å². The molecule has 0 aromatic heterocycles. The summed E-state index contributed by atoms with van der Waals surface area (Å²) in [5.74, 6) is 0.253. The zero-order valence-electron chi connectivity index (χ0n) is 9.49. The van der Waals surface area contributed by atoms with Crippen LogP contribution in [0.25, 0.3) is 0 Å². The van der Waals surface area contributed by atoms with Crippen molar-refractivity contribution in [1.29, 1.82) is 0 Å². The standard InChI is InChI=1S/C12H19NO2/c1-8(6-9(2)13-3)10-4-5-11(14)12(15)7-10/h4-5,7-9,13-15H,6H2,1-3H3. The van der Waals surface area contributed by atoms with Crippen molar-refractivity contribution in [2.45, 2.75) is 32.2 Å². The molecule has 1 rings (SSSR count). The maximum atomic E-state index is 9.37. The molecule has 0 radical (unpaired) electrons. The van der Waals surface area contributed by atoms with E-state index in [0.717, 1.165) is 12.0 Å². The molecule has 0 spiro atoms. The van der Waals surface area contributed by atoms with Crippen LogP contribution < -0.4 is 5.32 Å². The molecule has 84 valence electrons. The maximum Gasteiger partial charge on any atom is 0.157 e. The molecular formula is C12H19NO2. The fraction of sp³-hybridized carbons (Fsp3) is 0.500. The van der Waals surface area contributed by atoms with E-state index in [9.17, 15) is 10.2 Å². The number of benzene rings is 1. The van der Waals surface area contributed by atoms with Gasteiger partial charge in [0.25, 0.3) is 0 Å². The molecule has 0 saturated carbocycles. The smallest absolute Gasteiger partial charge is 0.157 e. The number of rotatable bonds is 4. The van der Waals surface area contributed by atoms with E-state index in [-0.39, 0.29) is 11.5 Å². The third kappa shape index (κ3) is 3.13. The molecule has 15 heavy (non-hydrogen) atoms. The second-order valence-corrected chi connectivity index (χ2v) is 4.07. The second-order valence-electron chi connectivity index (χ2n) is 4.07. The Kier molecular flexibility index (Phi) is 3.97. The first-order valence-electron chi connectivity index (χ1n) is 5.23. The lowest BCUT2D eigenvalue weighted by molar-refractivity contribution is 0.402. The minimum absolute atomic E-state index is 0.0449. The molecule has 0 aliphatic rings.